The van der Waals surface area contributed by atoms with E-state index in [4.69, 9.17) is 0 Å². The van der Waals surface area contributed by atoms with E-state index in [1.54, 1.807) is 0 Å². The van der Waals surface area contributed by atoms with E-state index in [1.165, 1.54) is 13.8 Å². The summed E-state index contributed by atoms with van der Waals surface area (Å²) in [6.07, 6.45) is -13.6. The second kappa shape index (κ2) is 5.98. The zero-order chi connectivity index (χ0) is 15.5. The van der Waals surface area contributed by atoms with E-state index in [9.17, 15) is 31.1 Å². The zero-order valence-corrected chi connectivity index (χ0v) is 10.7. The molecule has 0 rings (SSSR count). The van der Waals surface area contributed by atoms with Crippen LogP contribution in [-0.2, 0) is 4.79 Å². The fourth-order valence-corrected chi connectivity index (χ4v) is 1.60. The molecule has 0 spiro atoms. The summed E-state index contributed by atoms with van der Waals surface area (Å²) in [4.78, 5) is 11.7. The number of rotatable bonds is 5. The number of halogens is 6. The lowest BCUT2D eigenvalue weighted by Crippen LogP contribution is -2.60. The minimum atomic E-state index is -4.90. The number of alkyl halides is 6. The summed E-state index contributed by atoms with van der Waals surface area (Å²) in [5, 5.41) is 3.96. The highest BCUT2D eigenvalue weighted by Crippen LogP contribution is 2.36. The summed E-state index contributed by atoms with van der Waals surface area (Å²) in [5.74, 6) is -1.32. The Bertz CT molecular complexity index is 294. The molecule has 0 fully saturated rings. The molecule has 2 N–H and O–H groups in total. The number of hydrogen-bond donors (Lipinski definition) is 2. The molecular weight excluding hydrogens is 278 g/mol. The number of amides is 1. The van der Waals surface area contributed by atoms with Gasteiger partial charge in [0, 0.05) is 6.04 Å². The van der Waals surface area contributed by atoms with Crippen molar-refractivity contribution in [3.8, 4) is 0 Å². The lowest BCUT2D eigenvalue weighted by Gasteiger charge is -2.34. The molecule has 0 bridgehead atoms. The van der Waals surface area contributed by atoms with Crippen molar-refractivity contribution < 1.29 is 31.1 Å². The molecule has 0 aromatic rings. The Balaban J connectivity index is 5.34. The Kier molecular flexibility index (Phi) is 5.66. The third-order valence-corrected chi connectivity index (χ3v) is 2.34. The van der Waals surface area contributed by atoms with E-state index in [2.05, 4.69) is 5.32 Å². The topological polar surface area (TPSA) is 41.1 Å². The van der Waals surface area contributed by atoms with Crippen LogP contribution in [0.2, 0.25) is 0 Å². The fraction of sp³-hybridized carbons (Fsp3) is 0.900. The average molecular weight is 294 g/mol. The third-order valence-electron chi connectivity index (χ3n) is 2.34. The normalized spacial score (nSPS) is 13.8. The molecule has 0 saturated carbocycles. The molecule has 0 aromatic carbocycles. The van der Waals surface area contributed by atoms with Gasteiger partial charge in [-0.05, 0) is 20.9 Å². The highest BCUT2D eigenvalue weighted by atomic mass is 19.4. The number of nitrogens with one attached hydrogen (secondary N) is 2. The molecule has 0 unspecified atom stereocenters. The highest BCUT2D eigenvalue weighted by Gasteiger charge is 2.52. The Morgan fingerprint density at radius 3 is 1.58 bits per heavy atom. The number of hydrogen-bond acceptors (Lipinski definition) is 2. The summed E-state index contributed by atoms with van der Waals surface area (Å²) in [6, 6.07) is -0.568. The van der Waals surface area contributed by atoms with E-state index >= 15 is 0 Å². The van der Waals surface area contributed by atoms with Gasteiger partial charge in [0.2, 0.25) is 5.91 Å². The molecular formula is C10H16F6N2O. The second-order valence-electron chi connectivity index (χ2n) is 4.54. The van der Waals surface area contributed by atoms with Crippen LogP contribution < -0.4 is 10.6 Å². The van der Waals surface area contributed by atoms with Gasteiger partial charge in [-0.3, -0.25) is 4.79 Å². The lowest BCUT2D eigenvalue weighted by molar-refractivity contribution is -0.187. The van der Waals surface area contributed by atoms with Gasteiger partial charge in [0.15, 0.2) is 0 Å². The first-order valence-electron chi connectivity index (χ1n) is 5.45. The molecule has 3 nitrogen and oxygen atoms in total. The predicted octanol–water partition coefficient (Wildman–Crippen LogP) is 2.37. The first-order chi connectivity index (χ1) is 8.31. The summed E-state index contributed by atoms with van der Waals surface area (Å²) < 4.78 is 74.5. The number of likely N-dealkylation sites (N-methyl/N-ethyl adjacent to an activating group) is 1. The van der Waals surface area contributed by atoms with Crippen LogP contribution in [0.3, 0.4) is 0 Å². The van der Waals surface area contributed by atoms with Crippen molar-refractivity contribution in [3.63, 3.8) is 0 Å². The van der Waals surface area contributed by atoms with Crippen molar-refractivity contribution in [1.29, 1.82) is 0 Å². The van der Waals surface area contributed by atoms with E-state index in [1.807, 2.05) is 5.32 Å². The fourth-order valence-electron chi connectivity index (χ4n) is 1.60. The van der Waals surface area contributed by atoms with Gasteiger partial charge < -0.3 is 10.6 Å². The smallest absolute Gasteiger partial charge is 0.352 e. The molecule has 114 valence electrons. The minimum absolute atomic E-state index is 0.568. The quantitative estimate of drug-likeness (QED) is 0.764. The molecule has 9 heteroatoms. The Hall–Kier alpha value is -0.990. The van der Waals surface area contributed by atoms with Crippen LogP contribution in [0, 0.1) is 0 Å². The first kappa shape index (κ1) is 18.0. The van der Waals surface area contributed by atoms with Crippen LogP contribution in [-0.4, -0.2) is 36.9 Å². The Morgan fingerprint density at radius 1 is 1.00 bits per heavy atom. The van der Waals surface area contributed by atoms with Gasteiger partial charge in [0.25, 0.3) is 0 Å². The molecule has 0 heterocycles. The molecule has 0 atom stereocenters. The van der Waals surface area contributed by atoms with Gasteiger partial charge in [-0.2, -0.15) is 26.3 Å². The number of carbonyl (C=O) groups is 1. The maximum Gasteiger partial charge on any atom is 0.391 e. The van der Waals surface area contributed by atoms with Crippen LogP contribution in [0.4, 0.5) is 26.3 Å². The van der Waals surface area contributed by atoms with Gasteiger partial charge >= 0.3 is 12.4 Å². The van der Waals surface area contributed by atoms with Crippen LogP contribution in [0.5, 0.6) is 0 Å². The maximum atomic E-state index is 12.4. The van der Waals surface area contributed by atoms with E-state index in [0.717, 1.165) is 7.05 Å². The second-order valence-corrected chi connectivity index (χ2v) is 4.54. The van der Waals surface area contributed by atoms with Crippen molar-refractivity contribution in [1.82, 2.24) is 10.6 Å². The van der Waals surface area contributed by atoms with E-state index in [-0.39, 0.29) is 0 Å². The molecule has 0 saturated heterocycles. The van der Waals surface area contributed by atoms with Gasteiger partial charge in [0.1, 0.15) is 5.54 Å². The third kappa shape index (κ3) is 6.65. The highest BCUT2D eigenvalue weighted by molar-refractivity contribution is 5.86. The van der Waals surface area contributed by atoms with E-state index in [0.29, 0.717) is 0 Å². The van der Waals surface area contributed by atoms with E-state index < -0.39 is 42.7 Å². The van der Waals surface area contributed by atoms with Crippen molar-refractivity contribution in [2.24, 2.45) is 0 Å². The zero-order valence-electron chi connectivity index (χ0n) is 10.7. The van der Waals surface area contributed by atoms with Crippen molar-refractivity contribution in [2.45, 2.75) is 50.6 Å². The Labute approximate surface area is 106 Å². The van der Waals surface area contributed by atoms with Crippen molar-refractivity contribution in [2.75, 3.05) is 7.05 Å². The predicted molar refractivity (Wildman–Crippen MR) is 56.4 cm³/mol. The molecule has 0 aliphatic heterocycles. The molecule has 1 amide bonds. The lowest BCUT2D eigenvalue weighted by atomic mass is 9.89. The number of carbonyl (C=O) groups excluding carboxylic acids is 1. The first-order valence-corrected chi connectivity index (χ1v) is 5.45. The molecule has 0 radical (unpaired) electrons. The molecule has 0 aliphatic rings. The SMILES string of the molecule is CNC(CC(F)(F)F)(CC(F)(F)F)C(=O)NC(C)C. The Morgan fingerprint density at radius 2 is 1.37 bits per heavy atom. The van der Waals surface area contributed by atoms with Crippen molar-refractivity contribution in [3.05, 3.63) is 0 Å². The molecule has 0 aromatic heterocycles. The van der Waals surface area contributed by atoms with Crippen molar-refractivity contribution >= 4 is 5.91 Å². The minimum Gasteiger partial charge on any atom is -0.352 e. The monoisotopic (exact) mass is 294 g/mol. The average Bonchev–Trinajstić information content (AvgIpc) is 2.10. The van der Waals surface area contributed by atoms with Crippen LogP contribution in [0.15, 0.2) is 0 Å². The van der Waals surface area contributed by atoms with Crippen LogP contribution in [0.25, 0.3) is 0 Å². The molecule has 19 heavy (non-hydrogen) atoms. The van der Waals surface area contributed by atoms with Gasteiger partial charge in [-0.1, -0.05) is 0 Å². The van der Waals surface area contributed by atoms with Gasteiger partial charge in [-0.15, -0.1) is 0 Å². The molecule has 0 aliphatic carbocycles. The summed E-state index contributed by atoms with van der Waals surface area (Å²) in [6.45, 7) is 2.89. The standard InChI is InChI=1S/C10H16F6N2O/c1-6(2)18-7(19)8(17-3,4-9(11,12)13)5-10(14,15)16/h6,17H,4-5H2,1-3H3,(H,18,19). The van der Waals surface area contributed by atoms with Gasteiger partial charge in [0.05, 0.1) is 12.8 Å². The van der Waals surface area contributed by atoms with Gasteiger partial charge in [-0.25, -0.2) is 0 Å². The summed E-state index contributed by atoms with van der Waals surface area (Å²) >= 11 is 0. The summed E-state index contributed by atoms with van der Waals surface area (Å²) in [7, 11) is 0.900. The van der Waals surface area contributed by atoms with Crippen LogP contribution >= 0.6 is 0 Å². The van der Waals surface area contributed by atoms with Crippen LogP contribution in [0.1, 0.15) is 26.7 Å². The maximum absolute atomic E-state index is 12.4. The summed E-state index contributed by atoms with van der Waals surface area (Å²) in [5.41, 5.74) is -2.75. The largest absolute Gasteiger partial charge is 0.391 e.